The number of rotatable bonds is 62. The van der Waals surface area contributed by atoms with Crippen molar-refractivity contribution in [3.05, 3.63) is 85.1 Å². The van der Waals surface area contributed by atoms with Crippen LogP contribution in [0.2, 0.25) is 0 Å². The van der Waals surface area contributed by atoms with Crippen LogP contribution in [0.15, 0.2) is 85.1 Å². The van der Waals surface area contributed by atoms with Gasteiger partial charge in [-0.3, -0.25) is 14.4 Å². The molecule has 0 saturated heterocycles. The van der Waals surface area contributed by atoms with Gasteiger partial charge in [0, 0.05) is 19.3 Å². The fourth-order valence-electron chi connectivity index (χ4n) is 9.80. The Morgan fingerprint density at radius 2 is 0.494 bits per heavy atom. The van der Waals surface area contributed by atoms with Gasteiger partial charge in [-0.1, -0.05) is 311 Å². The summed E-state index contributed by atoms with van der Waals surface area (Å²) in [6, 6.07) is 0. The summed E-state index contributed by atoms with van der Waals surface area (Å²) in [4.78, 5) is 38.4. The highest BCUT2D eigenvalue weighted by atomic mass is 16.6. The van der Waals surface area contributed by atoms with Gasteiger partial charge in [-0.25, -0.2) is 0 Å². The Morgan fingerprint density at radius 1 is 0.266 bits per heavy atom. The Kier molecular flexibility index (Phi) is 64.2. The van der Waals surface area contributed by atoms with Crippen LogP contribution < -0.4 is 0 Å². The number of ether oxygens (including phenoxy) is 3. The van der Waals surface area contributed by atoms with Crippen LogP contribution in [0.5, 0.6) is 0 Å². The SMILES string of the molecule is CC/C=C\C/C=C\C/C=C\C/C=C\C/C=C\CCCCCCCCCCCCCCCC(=O)OCC(COC(=O)CCCCCCCCCCCCCCCCC)OC(=O)CCCCCCCCC/C=C\C/C=C\CCCCC. The second-order valence-electron chi connectivity index (χ2n) is 22.7. The van der Waals surface area contributed by atoms with E-state index in [1.807, 2.05) is 0 Å². The summed E-state index contributed by atoms with van der Waals surface area (Å²) in [6.45, 7) is 6.54. The first-order valence-electron chi connectivity index (χ1n) is 34.1. The molecule has 0 aliphatic heterocycles. The van der Waals surface area contributed by atoms with Crippen molar-refractivity contribution in [1.82, 2.24) is 0 Å². The number of hydrogen-bond donors (Lipinski definition) is 0. The van der Waals surface area contributed by atoms with Gasteiger partial charge in [0.25, 0.3) is 0 Å². The van der Waals surface area contributed by atoms with Crippen LogP contribution in [0.1, 0.15) is 342 Å². The third-order valence-electron chi connectivity index (χ3n) is 14.9. The van der Waals surface area contributed by atoms with Gasteiger partial charge in [-0.2, -0.15) is 0 Å². The molecular weight excluding hydrogens is 973 g/mol. The predicted molar refractivity (Wildman–Crippen MR) is 344 cm³/mol. The van der Waals surface area contributed by atoms with Crippen molar-refractivity contribution in [1.29, 1.82) is 0 Å². The summed E-state index contributed by atoms with van der Waals surface area (Å²) in [5, 5.41) is 0. The molecule has 0 saturated carbocycles. The molecule has 0 bridgehead atoms. The number of allylic oxidation sites excluding steroid dienone is 14. The predicted octanol–water partition coefficient (Wildman–Crippen LogP) is 23.4. The molecule has 0 fully saturated rings. The van der Waals surface area contributed by atoms with Gasteiger partial charge in [0.1, 0.15) is 13.2 Å². The average molecular weight is 1100 g/mol. The molecule has 1 unspecified atom stereocenters. The Morgan fingerprint density at radius 3 is 0.797 bits per heavy atom. The lowest BCUT2D eigenvalue weighted by molar-refractivity contribution is -0.167. The van der Waals surface area contributed by atoms with Crippen LogP contribution in [0, 0.1) is 0 Å². The molecule has 0 heterocycles. The molecule has 0 radical (unpaired) electrons. The minimum absolute atomic E-state index is 0.0754. The lowest BCUT2D eigenvalue weighted by Gasteiger charge is -2.18. The van der Waals surface area contributed by atoms with Crippen LogP contribution in [-0.4, -0.2) is 37.2 Å². The van der Waals surface area contributed by atoms with Crippen LogP contribution >= 0.6 is 0 Å². The minimum atomic E-state index is -0.780. The molecule has 0 amide bonds. The van der Waals surface area contributed by atoms with Gasteiger partial charge in [0.2, 0.25) is 0 Å². The molecule has 0 N–H and O–H groups in total. The first-order valence-corrected chi connectivity index (χ1v) is 34.1. The fraction of sp³-hybridized carbons (Fsp3) is 0.767. The van der Waals surface area contributed by atoms with Crippen molar-refractivity contribution in [2.24, 2.45) is 0 Å². The zero-order chi connectivity index (χ0) is 57.1. The molecule has 0 aliphatic rings. The number of carbonyl (C=O) groups excluding carboxylic acids is 3. The van der Waals surface area contributed by atoms with Gasteiger partial charge < -0.3 is 14.2 Å². The second kappa shape index (κ2) is 67.1. The number of hydrogen-bond acceptors (Lipinski definition) is 6. The normalized spacial score (nSPS) is 12.6. The lowest BCUT2D eigenvalue weighted by Crippen LogP contribution is -2.30. The average Bonchev–Trinajstić information content (AvgIpc) is 3.45. The zero-order valence-corrected chi connectivity index (χ0v) is 52.4. The van der Waals surface area contributed by atoms with Gasteiger partial charge in [0.15, 0.2) is 6.10 Å². The fourth-order valence-corrected chi connectivity index (χ4v) is 9.80. The van der Waals surface area contributed by atoms with Crippen LogP contribution in [0.25, 0.3) is 0 Å². The molecule has 456 valence electrons. The molecule has 0 aliphatic carbocycles. The molecule has 0 aromatic heterocycles. The minimum Gasteiger partial charge on any atom is -0.462 e. The number of carbonyl (C=O) groups is 3. The molecule has 0 aromatic carbocycles. The largest absolute Gasteiger partial charge is 0.462 e. The van der Waals surface area contributed by atoms with Crippen molar-refractivity contribution in [2.75, 3.05) is 13.2 Å². The first kappa shape index (κ1) is 75.6. The maximum Gasteiger partial charge on any atom is 0.306 e. The Hall–Kier alpha value is -3.41. The highest BCUT2D eigenvalue weighted by molar-refractivity contribution is 5.71. The van der Waals surface area contributed by atoms with Gasteiger partial charge in [0.05, 0.1) is 0 Å². The molecule has 0 spiro atoms. The summed E-state index contributed by atoms with van der Waals surface area (Å²) >= 11 is 0. The van der Waals surface area contributed by atoms with Crippen LogP contribution in [0.4, 0.5) is 0 Å². The van der Waals surface area contributed by atoms with Crippen molar-refractivity contribution in [3.8, 4) is 0 Å². The lowest BCUT2D eigenvalue weighted by atomic mass is 10.0. The molecular formula is C73H128O6. The van der Waals surface area contributed by atoms with E-state index < -0.39 is 6.10 Å². The quantitative estimate of drug-likeness (QED) is 0.0261. The van der Waals surface area contributed by atoms with E-state index in [1.165, 1.54) is 199 Å². The Bertz CT molecular complexity index is 1500. The molecule has 6 heteroatoms. The maximum absolute atomic E-state index is 12.9. The highest BCUT2D eigenvalue weighted by Crippen LogP contribution is 2.17. The van der Waals surface area contributed by atoms with Crippen molar-refractivity contribution < 1.29 is 28.6 Å². The molecule has 0 aromatic rings. The monoisotopic (exact) mass is 1100 g/mol. The molecule has 0 rings (SSSR count). The summed E-state index contributed by atoms with van der Waals surface area (Å²) in [5.74, 6) is -0.866. The van der Waals surface area contributed by atoms with E-state index in [0.29, 0.717) is 19.3 Å². The molecule has 6 nitrogen and oxygen atoms in total. The van der Waals surface area contributed by atoms with Crippen LogP contribution in [-0.2, 0) is 28.6 Å². The summed E-state index contributed by atoms with van der Waals surface area (Å²) in [6.07, 6.45) is 88.8. The first-order chi connectivity index (χ1) is 39.0. The highest BCUT2D eigenvalue weighted by Gasteiger charge is 2.19. The van der Waals surface area contributed by atoms with E-state index in [1.54, 1.807) is 0 Å². The van der Waals surface area contributed by atoms with Crippen LogP contribution in [0.3, 0.4) is 0 Å². The van der Waals surface area contributed by atoms with E-state index in [-0.39, 0.29) is 31.1 Å². The van der Waals surface area contributed by atoms with E-state index in [0.717, 1.165) is 103 Å². The zero-order valence-electron chi connectivity index (χ0n) is 52.4. The molecule has 1 atom stereocenters. The third-order valence-corrected chi connectivity index (χ3v) is 14.9. The summed E-state index contributed by atoms with van der Waals surface area (Å²) < 4.78 is 17.0. The van der Waals surface area contributed by atoms with Gasteiger partial charge >= 0.3 is 17.9 Å². The number of esters is 3. The van der Waals surface area contributed by atoms with Crippen molar-refractivity contribution in [2.45, 2.75) is 348 Å². The van der Waals surface area contributed by atoms with Crippen molar-refractivity contribution in [3.63, 3.8) is 0 Å². The van der Waals surface area contributed by atoms with E-state index in [4.69, 9.17) is 14.2 Å². The summed E-state index contributed by atoms with van der Waals surface area (Å²) in [7, 11) is 0. The Labute approximate surface area is 490 Å². The molecule has 79 heavy (non-hydrogen) atoms. The Balaban J connectivity index is 4.27. The van der Waals surface area contributed by atoms with Gasteiger partial charge in [-0.15, -0.1) is 0 Å². The topological polar surface area (TPSA) is 78.9 Å². The maximum atomic E-state index is 12.9. The van der Waals surface area contributed by atoms with Gasteiger partial charge in [-0.05, 0) is 96.3 Å². The summed E-state index contributed by atoms with van der Waals surface area (Å²) in [5.41, 5.74) is 0. The second-order valence-corrected chi connectivity index (χ2v) is 22.7. The number of unbranched alkanes of at least 4 members (excludes halogenated alkanes) is 37. The smallest absolute Gasteiger partial charge is 0.306 e. The van der Waals surface area contributed by atoms with E-state index in [9.17, 15) is 14.4 Å². The standard InChI is InChI=1S/C73H128O6/c1-4-7-10-13-16-19-22-25-28-30-31-32-33-34-35-36-37-38-39-40-41-43-45-48-51-54-57-60-63-66-72(75)78-69-70(68-77-71(74)65-62-59-56-53-50-47-44-27-24-21-18-15-12-9-6-3)79-73(76)67-64-61-58-55-52-49-46-42-29-26-23-20-17-14-11-8-5-2/h7,10,16-17,19-20,25-26,28-29,31-32,34-35,70H,4-6,8-9,11-15,18,21-24,27,30,33,36-69H2,1-3H3/b10-7-,19-16-,20-17-,28-25-,29-26-,32-31-,35-34-. The third kappa shape index (κ3) is 65.3. The van der Waals surface area contributed by atoms with Crippen molar-refractivity contribution >= 4 is 17.9 Å². The van der Waals surface area contributed by atoms with E-state index >= 15 is 0 Å². The van der Waals surface area contributed by atoms with E-state index in [2.05, 4.69) is 106 Å².